The van der Waals surface area contributed by atoms with Crippen molar-refractivity contribution in [2.45, 2.75) is 6.92 Å². The lowest BCUT2D eigenvalue weighted by Crippen LogP contribution is -2.17. The van der Waals surface area contributed by atoms with E-state index in [4.69, 9.17) is 4.74 Å². The van der Waals surface area contributed by atoms with Gasteiger partial charge in [-0.25, -0.2) is 4.79 Å². The van der Waals surface area contributed by atoms with Gasteiger partial charge in [0.2, 0.25) is 0 Å². The summed E-state index contributed by atoms with van der Waals surface area (Å²) in [5.41, 5.74) is 2.33. The SMILES string of the molecule is COC(=O)c1ccccc1N/C(SC)=C(/C#N)C(=O)Nc1ccc(C)cc1. The number of nitrogens with zero attached hydrogens (tertiary/aromatic N) is 1. The van der Waals surface area contributed by atoms with E-state index < -0.39 is 11.9 Å². The van der Waals surface area contributed by atoms with Crippen molar-refractivity contribution in [1.82, 2.24) is 0 Å². The minimum atomic E-state index is -0.534. The van der Waals surface area contributed by atoms with Gasteiger partial charge < -0.3 is 15.4 Å². The molecule has 0 saturated carbocycles. The highest BCUT2D eigenvalue weighted by molar-refractivity contribution is 8.02. The van der Waals surface area contributed by atoms with Crippen molar-refractivity contribution in [3.05, 3.63) is 70.3 Å². The fourth-order valence-corrected chi connectivity index (χ4v) is 2.81. The van der Waals surface area contributed by atoms with Crippen molar-refractivity contribution < 1.29 is 14.3 Å². The molecule has 6 nitrogen and oxygen atoms in total. The van der Waals surface area contributed by atoms with Crippen molar-refractivity contribution in [1.29, 1.82) is 5.26 Å². The van der Waals surface area contributed by atoms with E-state index in [0.29, 0.717) is 22.0 Å². The van der Waals surface area contributed by atoms with Crippen molar-refractivity contribution in [2.75, 3.05) is 24.0 Å². The Morgan fingerprint density at radius 1 is 1.07 bits per heavy atom. The molecule has 2 aromatic carbocycles. The van der Waals surface area contributed by atoms with Gasteiger partial charge in [0.1, 0.15) is 11.6 Å². The predicted octanol–water partition coefficient (Wildman–Crippen LogP) is 3.93. The summed E-state index contributed by atoms with van der Waals surface area (Å²) in [5.74, 6) is -1.05. The van der Waals surface area contributed by atoms with E-state index in [1.165, 1.54) is 18.9 Å². The lowest BCUT2D eigenvalue weighted by Gasteiger charge is -2.14. The molecule has 0 atom stereocenters. The number of ether oxygens (including phenoxy) is 1. The Hall–Kier alpha value is -3.24. The van der Waals surface area contributed by atoms with Crippen LogP contribution in [0.25, 0.3) is 0 Å². The zero-order valence-corrected chi connectivity index (χ0v) is 16.0. The van der Waals surface area contributed by atoms with Gasteiger partial charge in [0.05, 0.1) is 23.4 Å². The van der Waals surface area contributed by atoms with Gasteiger partial charge in [-0.15, -0.1) is 11.8 Å². The van der Waals surface area contributed by atoms with Gasteiger partial charge in [0.25, 0.3) is 5.91 Å². The molecule has 0 saturated heterocycles. The van der Waals surface area contributed by atoms with E-state index in [-0.39, 0.29) is 5.57 Å². The molecule has 2 aromatic rings. The first-order chi connectivity index (χ1) is 13.0. The Bertz CT molecular complexity index is 915. The lowest BCUT2D eigenvalue weighted by atomic mass is 10.1. The van der Waals surface area contributed by atoms with Crippen LogP contribution in [0.15, 0.2) is 59.1 Å². The third-order valence-electron chi connectivity index (χ3n) is 3.66. The molecule has 0 unspecified atom stereocenters. The lowest BCUT2D eigenvalue weighted by molar-refractivity contribution is -0.112. The highest BCUT2D eigenvalue weighted by Gasteiger charge is 2.18. The van der Waals surface area contributed by atoms with E-state index in [9.17, 15) is 14.9 Å². The van der Waals surface area contributed by atoms with E-state index in [1.807, 2.05) is 25.1 Å². The number of nitrogens with one attached hydrogen (secondary N) is 2. The smallest absolute Gasteiger partial charge is 0.339 e. The first-order valence-corrected chi connectivity index (χ1v) is 9.23. The molecule has 0 heterocycles. The summed E-state index contributed by atoms with van der Waals surface area (Å²) in [5, 5.41) is 15.5. The summed E-state index contributed by atoms with van der Waals surface area (Å²) >= 11 is 1.20. The Labute approximate surface area is 162 Å². The predicted molar refractivity (Wildman–Crippen MR) is 107 cm³/mol. The quantitative estimate of drug-likeness (QED) is 0.448. The molecular weight excluding hydrogens is 362 g/mol. The van der Waals surface area contributed by atoms with Crippen LogP contribution < -0.4 is 10.6 Å². The van der Waals surface area contributed by atoms with Gasteiger partial charge in [-0.2, -0.15) is 5.26 Å². The second kappa shape index (κ2) is 9.46. The third kappa shape index (κ3) is 5.12. The Morgan fingerprint density at radius 3 is 2.33 bits per heavy atom. The highest BCUT2D eigenvalue weighted by atomic mass is 32.2. The molecule has 0 bridgehead atoms. The molecule has 2 rings (SSSR count). The minimum Gasteiger partial charge on any atom is -0.465 e. The number of hydrogen-bond acceptors (Lipinski definition) is 6. The summed E-state index contributed by atoms with van der Waals surface area (Å²) in [4.78, 5) is 24.5. The molecule has 0 aromatic heterocycles. The second-order valence-corrected chi connectivity index (χ2v) is 6.32. The fraction of sp³-hybridized carbons (Fsp3) is 0.150. The Morgan fingerprint density at radius 2 is 1.74 bits per heavy atom. The Kier molecular flexibility index (Phi) is 7.03. The molecule has 0 radical (unpaired) electrons. The first kappa shape index (κ1) is 20.1. The summed E-state index contributed by atoms with van der Waals surface area (Å²) < 4.78 is 4.77. The summed E-state index contributed by atoms with van der Waals surface area (Å²) in [6, 6.07) is 15.9. The molecule has 0 aliphatic carbocycles. The van der Waals surface area contributed by atoms with Gasteiger partial charge in [0.15, 0.2) is 0 Å². The van der Waals surface area contributed by atoms with Crippen molar-refractivity contribution in [3.63, 3.8) is 0 Å². The number of anilines is 2. The van der Waals surface area contributed by atoms with E-state index >= 15 is 0 Å². The maximum absolute atomic E-state index is 12.6. The molecular formula is C20H19N3O3S. The number of benzene rings is 2. The third-order valence-corrected chi connectivity index (χ3v) is 4.37. The van der Waals surface area contributed by atoms with Crippen molar-refractivity contribution >= 4 is 35.0 Å². The van der Waals surface area contributed by atoms with E-state index in [1.54, 1.807) is 42.7 Å². The molecule has 1 amide bonds. The van der Waals surface area contributed by atoms with Crippen LogP contribution in [0.1, 0.15) is 15.9 Å². The van der Waals surface area contributed by atoms with Crippen LogP contribution in [-0.4, -0.2) is 25.2 Å². The Balaban J connectivity index is 2.33. The van der Waals surface area contributed by atoms with E-state index in [0.717, 1.165) is 5.56 Å². The number of amides is 1. The number of thioether (sulfide) groups is 1. The topological polar surface area (TPSA) is 91.2 Å². The summed E-state index contributed by atoms with van der Waals surface area (Å²) in [6.45, 7) is 1.95. The van der Waals surface area contributed by atoms with Gasteiger partial charge in [-0.05, 0) is 37.4 Å². The van der Waals surface area contributed by atoms with Crippen LogP contribution in [0.5, 0.6) is 0 Å². The largest absolute Gasteiger partial charge is 0.465 e. The molecule has 0 spiro atoms. The molecule has 7 heteroatoms. The van der Waals surface area contributed by atoms with Gasteiger partial charge in [-0.3, -0.25) is 4.79 Å². The molecule has 0 aliphatic heterocycles. The minimum absolute atomic E-state index is 0.0808. The fourth-order valence-electron chi connectivity index (χ4n) is 2.25. The highest BCUT2D eigenvalue weighted by Crippen LogP contribution is 2.25. The maximum Gasteiger partial charge on any atom is 0.339 e. The van der Waals surface area contributed by atoms with Crippen molar-refractivity contribution in [3.8, 4) is 6.07 Å². The zero-order valence-electron chi connectivity index (χ0n) is 15.2. The summed E-state index contributed by atoms with van der Waals surface area (Å²) in [7, 11) is 1.29. The average Bonchev–Trinajstić information content (AvgIpc) is 2.69. The number of carbonyl (C=O) groups excluding carboxylic acids is 2. The van der Waals surface area contributed by atoms with Crippen LogP contribution >= 0.6 is 11.8 Å². The van der Waals surface area contributed by atoms with Gasteiger partial charge in [0, 0.05) is 5.69 Å². The van der Waals surface area contributed by atoms with Crippen LogP contribution in [0.4, 0.5) is 11.4 Å². The normalized spacial score (nSPS) is 11.0. The molecule has 0 fully saturated rings. The molecule has 0 aliphatic rings. The standard InChI is InChI=1S/C20H19N3O3S/c1-13-8-10-14(11-9-13)22-18(24)16(12-21)19(27-3)23-17-7-5-4-6-15(17)20(25)26-2/h4-11,23H,1-3H3,(H,22,24)/b19-16+. The first-order valence-electron chi connectivity index (χ1n) is 8.01. The number of hydrogen-bond donors (Lipinski definition) is 2. The number of para-hydroxylation sites is 1. The second-order valence-electron chi connectivity index (χ2n) is 5.50. The van der Waals surface area contributed by atoms with E-state index in [2.05, 4.69) is 10.6 Å². The average molecular weight is 381 g/mol. The van der Waals surface area contributed by atoms with Crippen molar-refractivity contribution in [2.24, 2.45) is 0 Å². The molecule has 138 valence electrons. The maximum atomic E-state index is 12.6. The monoisotopic (exact) mass is 381 g/mol. The number of nitriles is 1. The van der Waals surface area contributed by atoms with Gasteiger partial charge >= 0.3 is 5.97 Å². The summed E-state index contributed by atoms with van der Waals surface area (Å²) in [6.07, 6.45) is 1.74. The van der Waals surface area contributed by atoms with Crippen LogP contribution in [0, 0.1) is 18.3 Å². The van der Waals surface area contributed by atoms with Crippen LogP contribution in [0.2, 0.25) is 0 Å². The number of carbonyl (C=O) groups is 2. The van der Waals surface area contributed by atoms with Crippen LogP contribution in [-0.2, 0) is 9.53 Å². The number of esters is 1. The molecule has 27 heavy (non-hydrogen) atoms. The molecule has 2 N–H and O–H groups in total. The number of methoxy groups -OCH3 is 1. The van der Waals surface area contributed by atoms with Crippen LogP contribution in [0.3, 0.4) is 0 Å². The number of aryl methyl sites for hydroxylation is 1. The zero-order chi connectivity index (χ0) is 19.8. The number of rotatable bonds is 6. The van der Waals surface area contributed by atoms with Gasteiger partial charge in [-0.1, -0.05) is 29.8 Å².